The number of ether oxygens (including phenoxy) is 1. The van der Waals surface area contributed by atoms with Crippen molar-refractivity contribution in [1.29, 1.82) is 0 Å². The molecule has 1 amide bonds. The largest absolute Gasteiger partial charge is 0.383 e. The summed E-state index contributed by atoms with van der Waals surface area (Å²) in [6, 6.07) is 14.4. The van der Waals surface area contributed by atoms with E-state index < -0.39 is 0 Å². The fraction of sp³-hybridized carbons (Fsp3) is 0.250. The van der Waals surface area contributed by atoms with Gasteiger partial charge in [0.15, 0.2) is 5.16 Å². The molecule has 28 heavy (non-hydrogen) atoms. The van der Waals surface area contributed by atoms with Crippen molar-refractivity contribution in [3.63, 3.8) is 0 Å². The van der Waals surface area contributed by atoms with Gasteiger partial charge in [-0.15, -0.1) is 0 Å². The van der Waals surface area contributed by atoms with Gasteiger partial charge in [-0.3, -0.25) is 14.2 Å². The van der Waals surface area contributed by atoms with Gasteiger partial charge in [-0.2, -0.15) is 0 Å². The van der Waals surface area contributed by atoms with Crippen LogP contribution in [-0.2, 0) is 9.53 Å². The average Bonchev–Trinajstić information content (AvgIpc) is 2.68. The van der Waals surface area contributed by atoms with Gasteiger partial charge < -0.3 is 10.1 Å². The third-order valence-electron chi connectivity index (χ3n) is 4.10. The minimum absolute atomic E-state index is 0.131. The van der Waals surface area contributed by atoms with E-state index in [0.717, 1.165) is 4.47 Å². The first-order valence-electron chi connectivity index (χ1n) is 8.68. The molecule has 3 rings (SSSR count). The number of hydrogen-bond acceptors (Lipinski definition) is 5. The van der Waals surface area contributed by atoms with Crippen LogP contribution < -0.4 is 10.9 Å². The Morgan fingerprint density at radius 2 is 1.96 bits per heavy atom. The summed E-state index contributed by atoms with van der Waals surface area (Å²) in [5, 5.41) is 3.90. The Bertz CT molecular complexity index is 1050. The predicted octanol–water partition coefficient (Wildman–Crippen LogP) is 4.10. The van der Waals surface area contributed by atoms with Crippen LogP contribution in [0.1, 0.15) is 13.0 Å². The Morgan fingerprint density at radius 3 is 2.71 bits per heavy atom. The van der Waals surface area contributed by atoms with Gasteiger partial charge in [-0.1, -0.05) is 36.0 Å². The van der Waals surface area contributed by atoms with Crippen LogP contribution in [0, 0.1) is 0 Å². The number of nitrogens with zero attached hydrogens (tertiary/aromatic N) is 2. The van der Waals surface area contributed by atoms with Crippen molar-refractivity contribution in [3.8, 4) is 0 Å². The number of para-hydroxylation sites is 2. The minimum Gasteiger partial charge on any atom is -0.383 e. The molecule has 0 aliphatic carbocycles. The first-order chi connectivity index (χ1) is 13.5. The first-order valence-corrected chi connectivity index (χ1v) is 10.5. The molecule has 6 nitrogen and oxygen atoms in total. The molecule has 1 aromatic heterocycles. The highest BCUT2D eigenvalue weighted by Crippen LogP contribution is 2.24. The Balaban J connectivity index is 1.87. The van der Waals surface area contributed by atoms with Gasteiger partial charge in [0, 0.05) is 11.6 Å². The summed E-state index contributed by atoms with van der Waals surface area (Å²) in [6.07, 6.45) is 0. The Hall–Kier alpha value is -2.16. The Labute approximate surface area is 175 Å². The quantitative estimate of drug-likeness (QED) is 0.423. The highest BCUT2D eigenvalue weighted by molar-refractivity contribution is 9.10. The monoisotopic (exact) mass is 461 g/mol. The number of hydrogen-bond donors (Lipinski definition) is 1. The molecular formula is C20H20BrN3O3S. The standard InChI is InChI=1S/C20H20BrN3O3S/c1-13(11-27-2)24-19(26)14-7-3-5-9-16(14)23-20(24)28-12-18(25)22-17-10-6-4-8-15(17)21/h3-10,13H,11-12H2,1-2H3,(H,22,25)/t13-/m0/s1. The van der Waals surface area contributed by atoms with Gasteiger partial charge in [0.05, 0.1) is 35.0 Å². The number of carbonyl (C=O) groups excluding carboxylic acids is 1. The number of methoxy groups -OCH3 is 1. The topological polar surface area (TPSA) is 73.2 Å². The van der Waals surface area contributed by atoms with Gasteiger partial charge in [-0.25, -0.2) is 4.98 Å². The summed E-state index contributed by atoms with van der Waals surface area (Å²) in [5.74, 6) is -0.0449. The van der Waals surface area contributed by atoms with Crippen LogP contribution >= 0.6 is 27.7 Å². The molecule has 0 aliphatic rings. The highest BCUT2D eigenvalue weighted by atomic mass is 79.9. The molecule has 0 unspecified atom stereocenters. The van der Waals surface area contributed by atoms with E-state index in [0.29, 0.717) is 28.4 Å². The van der Waals surface area contributed by atoms with E-state index in [1.165, 1.54) is 11.8 Å². The van der Waals surface area contributed by atoms with Crippen molar-refractivity contribution in [3.05, 3.63) is 63.4 Å². The normalized spacial score (nSPS) is 12.1. The van der Waals surface area contributed by atoms with Crippen LogP contribution in [0.3, 0.4) is 0 Å². The van der Waals surface area contributed by atoms with Gasteiger partial charge in [0.25, 0.3) is 5.56 Å². The van der Waals surface area contributed by atoms with E-state index in [4.69, 9.17) is 4.74 Å². The third kappa shape index (κ3) is 4.63. The number of rotatable bonds is 7. The summed E-state index contributed by atoms with van der Waals surface area (Å²) in [7, 11) is 1.59. The van der Waals surface area contributed by atoms with Crippen molar-refractivity contribution in [1.82, 2.24) is 9.55 Å². The Morgan fingerprint density at radius 1 is 1.25 bits per heavy atom. The van der Waals surface area contributed by atoms with E-state index in [1.54, 1.807) is 23.8 Å². The van der Waals surface area contributed by atoms with Crippen molar-refractivity contribution in [2.75, 3.05) is 24.8 Å². The minimum atomic E-state index is -0.205. The SMILES string of the molecule is COC[C@H](C)n1c(SCC(=O)Nc2ccccc2Br)nc2ccccc2c1=O. The number of nitrogens with one attached hydrogen (secondary N) is 1. The van der Waals surface area contributed by atoms with Crippen molar-refractivity contribution < 1.29 is 9.53 Å². The summed E-state index contributed by atoms with van der Waals surface area (Å²) < 4.78 is 7.62. The fourth-order valence-electron chi connectivity index (χ4n) is 2.81. The lowest BCUT2D eigenvalue weighted by atomic mass is 10.2. The van der Waals surface area contributed by atoms with Crippen LogP contribution in [0.4, 0.5) is 5.69 Å². The number of fused-ring (bicyclic) bond motifs is 1. The molecule has 0 radical (unpaired) electrons. The second-order valence-electron chi connectivity index (χ2n) is 6.21. The molecule has 8 heteroatoms. The highest BCUT2D eigenvalue weighted by Gasteiger charge is 2.17. The van der Waals surface area contributed by atoms with Gasteiger partial charge >= 0.3 is 0 Å². The number of amides is 1. The van der Waals surface area contributed by atoms with E-state index in [2.05, 4.69) is 26.2 Å². The number of thioether (sulfide) groups is 1. The van der Waals surface area contributed by atoms with Crippen LogP contribution in [0.25, 0.3) is 10.9 Å². The van der Waals surface area contributed by atoms with E-state index in [1.807, 2.05) is 43.3 Å². The van der Waals surface area contributed by atoms with E-state index in [9.17, 15) is 9.59 Å². The maximum atomic E-state index is 13.0. The van der Waals surface area contributed by atoms with Crippen LogP contribution in [0.2, 0.25) is 0 Å². The molecule has 0 fully saturated rings. The fourth-order valence-corrected chi connectivity index (χ4v) is 4.09. The van der Waals surface area contributed by atoms with Crippen molar-refractivity contribution in [2.24, 2.45) is 0 Å². The molecule has 2 aromatic carbocycles. The zero-order chi connectivity index (χ0) is 20.1. The number of carbonyl (C=O) groups is 1. The van der Waals surface area contributed by atoms with Crippen molar-refractivity contribution >= 4 is 50.2 Å². The predicted molar refractivity (Wildman–Crippen MR) is 116 cm³/mol. The molecule has 146 valence electrons. The molecule has 0 bridgehead atoms. The van der Waals surface area contributed by atoms with Gasteiger partial charge in [0.1, 0.15) is 0 Å². The van der Waals surface area contributed by atoms with Crippen LogP contribution in [-0.4, -0.2) is 34.9 Å². The number of aromatic nitrogens is 2. The van der Waals surface area contributed by atoms with E-state index in [-0.39, 0.29) is 23.3 Å². The molecule has 3 aromatic rings. The molecule has 1 heterocycles. The summed E-state index contributed by atoms with van der Waals surface area (Å²) in [6.45, 7) is 2.27. The lowest BCUT2D eigenvalue weighted by molar-refractivity contribution is -0.113. The second-order valence-corrected chi connectivity index (χ2v) is 8.00. The number of halogens is 1. The number of benzene rings is 2. The third-order valence-corrected chi connectivity index (χ3v) is 5.75. The summed E-state index contributed by atoms with van der Waals surface area (Å²) in [5.41, 5.74) is 1.18. The molecule has 0 aliphatic heterocycles. The lowest BCUT2D eigenvalue weighted by Crippen LogP contribution is -2.29. The zero-order valence-electron chi connectivity index (χ0n) is 15.5. The molecule has 0 saturated carbocycles. The number of anilines is 1. The molecule has 0 spiro atoms. The Kier molecular flexibility index (Phi) is 6.88. The van der Waals surface area contributed by atoms with Crippen LogP contribution in [0.15, 0.2) is 63.0 Å². The molecule has 0 saturated heterocycles. The van der Waals surface area contributed by atoms with Gasteiger partial charge in [0.2, 0.25) is 5.91 Å². The van der Waals surface area contributed by atoms with Gasteiger partial charge in [-0.05, 0) is 47.1 Å². The molecule has 1 N–H and O–H groups in total. The lowest BCUT2D eigenvalue weighted by Gasteiger charge is -2.18. The molecular weight excluding hydrogens is 442 g/mol. The summed E-state index contributed by atoms with van der Waals surface area (Å²) in [4.78, 5) is 30.0. The van der Waals surface area contributed by atoms with Crippen LogP contribution in [0.5, 0.6) is 0 Å². The maximum Gasteiger partial charge on any atom is 0.262 e. The average molecular weight is 462 g/mol. The molecule has 1 atom stereocenters. The second kappa shape index (κ2) is 9.36. The first kappa shape index (κ1) is 20.6. The van der Waals surface area contributed by atoms with Crippen molar-refractivity contribution in [2.45, 2.75) is 18.1 Å². The smallest absolute Gasteiger partial charge is 0.262 e. The maximum absolute atomic E-state index is 13.0. The summed E-state index contributed by atoms with van der Waals surface area (Å²) >= 11 is 4.64. The zero-order valence-corrected chi connectivity index (χ0v) is 17.9. The van der Waals surface area contributed by atoms with E-state index >= 15 is 0 Å².